The molecule has 17 heavy (non-hydrogen) atoms. The Bertz CT molecular complexity index is 414. The van der Waals surface area contributed by atoms with Gasteiger partial charge in [0.05, 0.1) is 12.7 Å². The van der Waals surface area contributed by atoms with E-state index in [1.54, 1.807) is 6.92 Å². The lowest BCUT2D eigenvalue weighted by Gasteiger charge is -2.30. The van der Waals surface area contributed by atoms with Gasteiger partial charge in [-0.15, -0.1) is 0 Å². The maximum atomic E-state index is 11.9. The number of carbonyl (C=O) groups is 1. The fraction of sp³-hybridized carbons (Fsp3) is 0.778. The fourth-order valence-electron chi connectivity index (χ4n) is 1.56. The fourth-order valence-corrected chi connectivity index (χ4v) is 2.99. The molecule has 1 heterocycles. The van der Waals surface area contributed by atoms with Crippen molar-refractivity contribution in [2.45, 2.75) is 13.0 Å². The highest BCUT2D eigenvalue weighted by Crippen LogP contribution is 2.10. The van der Waals surface area contributed by atoms with Crippen LogP contribution in [0.2, 0.25) is 0 Å². The zero-order valence-electron chi connectivity index (χ0n) is 9.55. The molecule has 1 atom stereocenters. The molecule has 0 amide bonds. The molecule has 1 N–H and O–H groups in total. The molecule has 0 aromatic heterocycles. The first-order valence-corrected chi connectivity index (χ1v) is 6.87. The van der Waals surface area contributed by atoms with E-state index in [0.29, 0.717) is 6.54 Å². The van der Waals surface area contributed by atoms with Crippen LogP contribution in [0.25, 0.3) is 0 Å². The summed E-state index contributed by atoms with van der Waals surface area (Å²) in [7, 11) is -3.77. The van der Waals surface area contributed by atoms with Crippen molar-refractivity contribution in [1.29, 1.82) is 5.26 Å². The van der Waals surface area contributed by atoms with Crippen molar-refractivity contribution in [3.05, 3.63) is 0 Å². The molecule has 1 aliphatic heterocycles. The molecule has 7 nitrogen and oxygen atoms in total. The molecule has 0 radical (unpaired) electrons. The molecule has 1 aliphatic rings. The van der Waals surface area contributed by atoms with Gasteiger partial charge < -0.3 is 10.1 Å². The number of piperazine rings is 1. The molecule has 96 valence electrons. The predicted molar refractivity (Wildman–Crippen MR) is 59.4 cm³/mol. The van der Waals surface area contributed by atoms with Gasteiger partial charge in [0, 0.05) is 19.6 Å². The molecule has 0 aromatic rings. The van der Waals surface area contributed by atoms with E-state index in [9.17, 15) is 13.2 Å². The van der Waals surface area contributed by atoms with Gasteiger partial charge >= 0.3 is 5.97 Å². The quantitative estimate of drug-likeness (QED) is 0.630. The number of nitrogens with zero attached hydrogens (tertiary/aromatic N) is 2. The Morgan fingerprint density at radius 3 is 2.94 bits per heavy atom. The summed E-state index contributed by atoms with van der Waals surface area (Å²) in [5.41, 5.74) is 0. The summed E-state index contributed by atoms with van der Waals surface area (Å²) in [4.78, 5) is 11.2. The molecule has 0 aromatic carbocycles. The van der Waals surface area contributed by atoms with Crippen LogP contribution in [0, 0.1) is 11.3 Å². The highest BCUT2D eigenvalue weighted by atomic mass is 32.2. The third kappa shape index (κ3) is 3.66. The lowest BCUT2D eigenvalue weighted by molar-refractivity contribution is -0.140. The van der Waals surface area contributed by atoms with Gasteiger partial charge in [-0.3, -0.25) is 4.79 Å². The van der Waals surface area contributed by atoms with Crippen LogP contribution in [0.1, 0.15) is 6.92 Å². The number of hydrogen-bond acceptors (Lipinski definition) is 6. The largest absolute Gasteiger partial charge is 0.465 e. The third-order valence-electron chi connectivity index (χ3n) is 2.31. The van der Waals surface area contributed by atoms with Crippen LogP contribution < -0.4 is 5.32 Å². The van der Waals surface area contributed by atoms with Gasteiger partial charge in [0.1, 0.15) is 6.04 Å². The average molecular weight is 261 g/mol. The van der Waals surface area contributed by atoms with Crippen LogP contribution in [0.5, 0.6) is 0 Å². The highest BCUT2D eigenvalue weighted by molar-refractivity contribution is 7.89. The standard InChI is InChI=1S/C9H15N3O4S/c1-2-16-9(13)7-17(14,15)12-4-3-11-6-8(12)5-10/h8,11H,2-4,6-7H2,1H3. The first kappa shape index (κ1) is 13.9. The predicted octanol–water partition coefficient (Wildman–Crippen LogP) is -1.32. The van der Waals surface area contributed by atoms with Crippen molar-refractivity contribution in [1.82, 2.24) is 9.62 Å². The Balaban J connectivity index is 2.75. The van der Waals surface area contributed by atoms with Gasteiger partial charge in [-0.05, 0) is 6.92 Å². The normalized spacial score (nSPS) is 21.8. The van der Waals surface area contributed by atoms with Crippen molar-refractivity contribution < 1.29 is 17.9 Å². The second-order valence-corrected chi connectivity index (χ2v) is 5.44. The second kappa shape index (κ2) is 5.95. The summed E-state index contributed by atoms with van der Waals surface area (Å²) in [6.45, 7) is 2.68. The minimum absolute atomic E-state index is 0.136. The van der Waals surface area contributed by atoms with Crippen LogP contribution >= 0.6 is 0 Å². The highest BCUT2D eigenvalue weighted by Gasteiger charge is 2.34. The summed E-state index contributed by atoms with van der Waals surface area (Å²) in [6, 6.07) is 1.14. The first-order valence-electron chi connectivity index (χ1n) is 5.26. The number of esters is 1. The molecular weight excluding hydrogens is 246 g/mol. The van der Waals surface area contributed by atoms with Gasteiger partial charge in [-0.2, -0.15) is 9.57 Å². The summed E-state index contributed by atoms with van der Waals surface area (Å²) >= 11 is 0. The number of carbonyl (C=O) groups excluding carboxylic acids is 1. The van der Waals surface area contributed by atoms with Crippen molar-refractivity contribution in [3.8, 4) is 6.07 Å². The number of ether oxygens (including phenoxy) is 1. The summed E-state index contributed by atoms with van der Waals surface area (Å²) in [5, 5.41) is 11.8. The molecule has 1 fully saturated rings. The lowest BCUT2D eigenvalue weighted by atomic mass is 10.3. The topological polar surface area (TPSA) is 99.5 Å². The van der Waals surface area contributed by atoms with E-state index in [1.807, 2.05) is 6.07 Å². The van der Waals surface area contributed by atoms with Crippen molar-refractivity contribution >= 4 is 16.0 Å². The first-order chi connectivity index (χ1) is 8.01. The van der Waals surface area contributed by atoms with E-state index < -0.39 is 27.8 Å². The molecule has 1 rings (SSSR count). The number of rotatable bonds is 4. The number of hydrogen-bond donors (Lipinski definition) is 1. The van der Waals surface area contributed by atoms with Crippen LogP contribution in [0.15, 0.2) is 0 Å². The summed E-state index contributed by atoms with van der Waals surface area (Å²) in [5.74, 6) is -1.50. The summed E-state index contributed by atoms with van der Waals surface area (Å²) in [6.07, 6.45) is 0. The van der Waals surface area contributed by atoms with E-state index >= 15 is 0 Å². The average Bonchev–Trinajstić information content (AvgIpc) is 2.28. The van der Waals surface area contributed by atoms with Gasteiger partial charge in [0.2, 0.25) is 10.0 Å². The van der Waals surface area contributed by atoms with E-state index in [4.69, 9.17) is 5.26 Å². The summed E-state index contributed by atoms with van der Waals surface area (Å²) < 4.78 is 29.4. The molecule has 1 unspecified atom stereocenters. The smallest absolute Gasteiger partial charge is 0.322 e. The minimum atomic E-state index is -3.77. The maximum Gasteiger partial charge on any atom is 0.322 e. The number of nitriles is 1. The van der Waals surface area contributed by atoms with Crippen molar-refractivity contribution in [2.24, 2.45) is 0 Å². The molecule has 1 saturated heterocycles. The van der Waals surface area contributed by atoms with Crippen LogP contribution in [-0.2, 0) is 19.6 Å². The van der Waals surface area contributed by atoms with Crippen LogP contribution in [0.4, 0.5) is 0 Å². The van der Waals surface area contributed by atoms with E-state index in [0.717, 1.165) is 4.31 Å². The van der Waals surface area contributed by atoms with E-state index in [2.05, 4.69) is 10.1 Å². The van der Waals surface area contributed by atoms with E-state index in [1.165, 1.54) is 0 Å². The van der Waals surface area contributed by atoms with E-state index in [-0.39, 0.29) is 19.7 Å². The second-order valence-electron chi connectivity index (χ2n) is 3.52. The Kier molecular flexibility index (Phi) is 4.86. The van der Waals surface area contributed by atoms with Crippen molar-refractivity contribution in [3.63, 3.8) is 0 Å². The van der Waals surface area contributed by atoms with Gasteiger partial charge in [-0.25, -0.2) is 8.42 Å². The molecular formula is C9H15N3O4S. The Morgan fingerprint density at radius 1 is 1.65 bits per heavy atom. The molecule has 0 bridgehead atoms. The molecule has 8 heteroatoms. The zero-order chi connectivity index (χ0) is 12.9. The maximum absolute atomic E-state index is 11.9. The Hall–Kier alpha value is -1.17. The molecule has 0 spiro atoms. The molecule has 0 aliphatic carbocycles. The number of nitrogens with one attached hydrogen (secondary N) is 1. The molecule has 0 saturated carbocycles. The monoisotopic (exact) mass is 261 g/mol. The minimum Gasteiger partial charge on any atom is -0.465 e. The third-order valence-corrected chi connectivity index (χ3v) is 4.06. The number of sulfonamides is 1. The lowest BCUT2D eigenvalue weighted by Crippen LogP contribution is -2.54. The van der Waals surface area contributed by atoms with Crippen LogP contribution in [-0.4, -0.2) is 56.7 Å². The van der Waals surface area contributed by atoms with Crippen LogP contribution in [0.3, 0.4) is 0 Å². The SMILES string of the molecule is CCOC(=O)CS(=O)(=O)N1CCNCC1C#N. The van der Waals surface area contributed by atoms with Gasteiger partial charge in [0.25, 0.3) is 0 Å². The Labute approximate surface area is 100 Å². The Morgan fingerprint density at radius 2 is 2.35 bits per heavy atom. The zero-order valence-corrected chi connectivity index (χ0v) is 10.4. The van der Waals surface area contributed by atoms with Gasteiger partial charge in [-0.1, -0.05) is 0 Å². The van der Waals surface area contributed by atoms with Gasteiger partial charge in [0.15, 0.2) is 5.75 Å². The van der Waals surface area contributed by atoms with Crippen molar-refractivity contribution in [2.75, 3.05) is 32.0 Å².